The second kappa shape index (κ2) is 4.48. The highest BCUT2D eigenvalue weighted by Crippen LogP contribution is 2.26. The van der Waals surface area contributed by atoms with Crippen molar-refractivity contribution in [3.8, 4) is 11.6 Å². The number of aryl methyl sites for hydroxylation is 1. The molecular weight excluding hydrogens is 216 g/mol. The van der Waals surface area contributed by atoms with Gasteiger partial charge in [0.25, 0.3) is 0 Å². The van der Waals surface area contributed by atoms with Crippen LogP contribution in [-0.2, 0) is 0 Å². The van der Waals surface area contributed by atoms with Gasteiger partial charge in [0.15, 0.2) is 11.6 Å². The van der Waals surface area contributed by atoms with Gasteiger partial charge >= 0.3 is 0 Å². The first-order valence-electron chi connectivity index (χ1n) is 5.55. The van der Waals surface area contributed by atoms with Crippen molar-refractivity contribution in [2.24, 2.45) is 0 Å². The fourth-order valence-corrected chi connectivity index (χ4v) is 1.88. The molecule has 6 heteroatoms. The summed E-state index contributed by atoms with van der Waals surface area (Å²) in [6, 6.07) is 0. The molecule has 90 valence electrons. The number of hydrogen-bond donors (Lipinski definition) is 2. The van der Waals surface area contributed by atoms with Crippen LogP contribution in [0.4, 0.5) is 5.82 Å². The molecule has 0 spiro atoms. The summed E-state index contributed by atoms with van der Waals surface area (Å²) in [6.07, 6.45) is 1.45. The molecule has 2 rings (SSSR count). The van der Waals surface area contributed by atoms with E-state index in [1.807, 2.05) is 14.0 Å². The molecule has 2 heterocycles. The molecule has 2 aromatic rings. The minimum absolute atomic E-state index is 0.376. The van der Waals surface area contributed by atoms with Crippen molar-refractivity contribution < 1.29 is 0 Å². The van der Waals surface area contributed by atoms with Crippen LogP contribution >= 0.6 is 0 Å². The fraction of sp³-hybridized carbons (Fsp3) is 0.455. The number of nitrogens with zero attached hydrogens (tertiary/aromatic N) is 4. The molecule has 2 N–H and O–H groups in total. The van der Waals surface area contributed by atoms with Crippen LogP contribution in [0.15, 0.2) is 6.33 Å². The highest BCUT2D eigenvalue weighted by molar-refractivity contribution is 5.54. The van der Waals surface area contributed by atoms with Gasteiger partial charge in [0.05, 0.1) is 0 Å². The number of nitrogens with one attached hydrogen (secondary N) is 2. The molecule has 0 bridgehead atoms. The van der Waals surface area contributed by atoms with E-state index in [9.17, 15) is 0 Å². The first-order valence-corrected chi connectivity index (χ1v) is 5.55. The molecule has 6 nitrogen and oxygen atoms in total. The van der Waals surface area contributed by atoms with E-state index in [1.54, 1.807) is 0 Å². The SMILES string of the molecule is CNc1nc(-c2ncn[nH]2)nc(C)c1C(C)C. The maximum atomic E-state index is 4.46. The van der Waals surface area contributed by atoms with E-state index in [-0.39, 0.29) is 0 Å². The largest absolute Gasteiger partial charge is 0.373 e. The van der Waals surface area contributed by atoms with Gasteiger partial charge in [-0.1, -0.05) is 13.8 Å². The number of aromatic nitrogens is 5. The van der Waals surface area contributed by atoms with E-state index in [1.165, 1.54) is 6.33 Å². The monoisotopic (exact) mass is 232 g/mol. The average Bonchev–Trinajstić information content (AvgIpc) is 2.80. The molecule has 0 aliphatic carbocycles. The molecule has 0 amide bonds. The van der Waals surface area contributed by atoms with Crippen LogP contribution in [0.25, 0.3) is 11.6 Å². The maximum Gasteiger partial charge on any atom is 0.199 e. The normalized spacial score (nSPS) is 10.9. The molecule has 0 atom stereocenters. The minimum Gasteiger partial charge on any atom is -0.373 e. The molecule has 0 aliphatic rings. The molecule has 17 heavy (non-hydrogen) atoms. The van der Waals surface area contributed by atoms with E-state index < -0.39 is 0 Å². The summed E-state index contributed by atoms with van der Waals surface area (Å²) in [7, 11) is 1.86. The van der Waals surface area contributed by atoms with Crippen molar-refractivity contribution in [1.82, 2.24) is 25.1 Å². The molecular formula is C11H16N6. The molecule has 0 aliphatic heterocycles. The third kappa shape index (κ3) is 2.11. The Morgan fingerprint density at radius 2 is 2.06 bits per heavy atom. The Hall–Kier alpha value is -1.98. The Morgan fingerprint density at radius 3 is 2.59 bits per heavy atom. The number of rotatable bonds is 3. The Balaban J connectivity index is 2.56. The van der Waals surface area contributed by atoms with Gasteiger partial charge in [-0.05, 0) is 12.8 Å². The van der Waals surface area contributed by atoms with Gasteiger partial charge in [-0.3, -0.25) is 5.10 Å². The highest BCUT2D eigenvalue weighted by Gasteiger charge is 2.15. The minimum atomic E-state index is 0.376. The molecule has 0 unspecified atom stereocenters. The van der Waals surface area contributed by atoms with Gasteiger partial charge in [-0.15, -0.1) is 0 Å². The summed E-state index contributed by atoms with van der Waals surface area (Å²) in [5.74, 6) is 2.37. The first kappa shape index (κ1) is 11.5. The summed E-state index contributed by atoms with van der Waals surface area (Å²) in [4.78, 5) is 13.0. The average molecular weight is 232 g/mol. The summed E-state index contributed by atoms with van der Waals surface area (Å²) in [5.41, 5.74) is 2.10. The lowest BCUT2D eigenvalue weighted by molar-refractivity contribution is 0.832. The number of anilines is 1. The zero-order valence-corrected chi connectivity index (χ0v) is 10.4. The molecule has 0 aromatic carbocycles. The van der Waals surface area contributed by atoms with Gasteiger partial charge in [0.2, 0.25) is 0 Å². The lowest BCUT2D eigenvalue weighted by Crippen LogP contribution is -2.07. The third-order valence-electron chi connectivity index (χ3n) is 2.58. The van der Waals surface area contributed by atoms with Crippen molar-refractivity contribution in [2.45, 2.75) is 26.7 Å². The Labute approximate surface area is 99.9 Å². The zero-order chi connectivity index (χ0) is 12.4. The second-order valence-corrected chi connectivity index (χ2v) is 4.13. The van der Waals surface area contributed by atoms with Gasteiger partial charge in [0.1, 0.15) is 12.1 Å². The van der Waals surface area contributed by atoms with Gasteiger partial charge in [-0.2, -0.15) is 5.10 Å². The van der Waals surface area contributed by atoms with Crippen LogP contribution in [0.3, 0.4) is 0 Å². The van der Waals surface area contributed by atoms with Crippen LogP contribution in [0.1, 0.15) is 31.0 Å². The van der Waals surface area contributed by atoms with E-state index in [0.29, 0.717) is 17.6 Å². The predicted molar refractivity (Wildman–Crippen MR) is 65.8 cm³/mol. The van der Waals surface area contributed by atoms with E-state index in [4.69, 9.17) is 0 Å². The van der Waals surface area contributed by atoms with Crippen LogP contribution in [-0.4, -0.2) is 32.2 Å². The molecule has 0 fully saturated rings. The maximum absolute atomic E-state index is 4.46. The fourth-order valence-electron chi connectivity index (χ4n) is 1.88. The summed E-state index contributed by atoms with van der Waals surface area (Å²) in [5, 5.41) is 9.68. The van der Waals surface area contributed by atoms with Crippen molar-refractivity contribution in [2.75, 3.05) is 12.4 Å². The van der Waals surface area contributed by atoms with Crippen molar-refractivity contribution in [3.05, 3.63) is 17.6 Å². The molecule has 0 saturated heterocycles. The van der Waals surface area contributed by atoms with Gasteiger partial charge in [0, 0.05) is 18.3 Å². The lowest BCUT2D eigenvalue weighted by Gasteiger charge is -2.14. The number of H-pyrrole nitrogens is 1. The van der Waals surface area contributed by atoms with Crippen LogP contribution in [0, 0.1) is 6.92 Å². The number of aromatic amines is 1. The van der Waals surface area contributed by atoms with Crippen LogP contribution in [0.2, 0.25) is 0 Å². The van der Waals surface area contributed by atoms with Crippen molar-refractivity contribution in [3.63, 3.8) is 0 Å². The topological polar surface area (TPSA) is 79.4 Å². The Kier molecular flexibility index (Phi) is 3.03. The first-order chi connectivity index (χ1) is 8.13. The summed E-state index contributed by atoms with van der Waals surface area (Å²) in [6.45, 7) is 6.24. The van der Waals surface area contributed by atoms with E-state index in [0.717, 1.165) is 17.1 Å². The molecule has 0 saturated carbocycles. The van der Waals surface area contributed by atoms with Crippen LogP contribution < -0.4 is 5.32 Å². The highest BCUT2D eigenvalue weighted by atomic mass is 15.2. The van der Waals surface area contributed by atoms with E-state index >= 15 is 0 Å². The lowest BCUT2D eigenvalue weighted by atomic mass is 10.0. The quantitative estimate of drug-likeness (QED) is 0.842. The predicted octanol–water partition coefficient (Wildman–Crippen LogP) is 1.74. The number of hydrogen-bond acceptors (Lipinski definition) is 5. The molecule has 2 aromatic heterocycles. The Bertz CT molecular complexity index is 503. The van der Waals surface area contributed by atoms with Gasteiger partial charge < -0.3 is 5.32 Å². The standard InChI is InChI=1S/C11H16N6/c1-6(2)8-7(3)15-11(16-9(8)12-4)10-13-5-14-17-10/h5-6H,1-4H3,(H,12,15,16)(H,13,14,17). The zero-order valence-electron chi connectivity index (χ0n) is 10.4. The van der Waals surface area contributed by atoms with Crippen molar-refractivity contribution in [1.29, 1.82) is 0 Å². The Morgan fingerprint density at radius 1 is 1.29 bits per heavy atom. The van der Waals surface area contributed by atoms with E-state index in [2.05, 4.69) is 44.3 Å². The summed E-state index contributed by atoms with van der Waals surface area (Å²) >= 11 is 0. The summed E-state index contributed by atoms with van der Waals surface area (Å²) < 4.78 is 0. The van der Waals surface area contributed by atoms with Crippen molar-refractivity contribution >= 4 is 5.82 Å². The van der Waals surface area contributed by atoms with Crippen LogP contribution in [0.5, 0.6) is 0 Å². The van der Waals surface area contributed by atoms with Gasteiger partial charge in [-0.25, -0.2) is 15.0 Å². The smallest absolute Gasteiger partial charge is 0.199 e. The second-order valence-electron chi connectivity index (χ2n) is 4.13. The molecule has 0 radical (unpaired) electrons. The third-order valence-corrected chi connectivity index (χ3v) is 2.58.